The third kappa shape index (κ3) is 5.12. The molecule has 2 heterocycles. The summed E-state index contributed by atoms with van der Waals surface area (Å²) in [6.07, 6.45) is 5.36. The molecular weight excluding hydrogens is 378 g/mol. The van der Waals surface area contributed by atoms with Gasteiger partial charge in [-0.05, 0) is 36.3 Å². The summed E-state index contributed by atoms with van der Waals surface area (Å²) in [7, 11) is 0. The van der Waals surface area contributed by atoms with Gasteiger partial charge in [0, 0.05) is 6.20 Å². The molecule has 27 heavy (non-hydrogen) atoms. The first kappa shape index (κ1) is 19.0. The van der Waals surface area contributed by atoms with E-state index < -0.39 is 0 Å². The number of carbonyl (C=O) groups is 2. The largest absolute Gasteiger partial charge is 0.309 e. The number of amides is 2. The number of hydrogen-bond acceptors (Lipinski definition) is 5. The summed E-state index contributed by atoms with van der Waals surface area (Å²) in [4.78, 5) is 30.7. The molecule has 0 radical (unpaired) electrons. The molecule has 7 heteroatoms. The molecule has 1 aromatic heterocycles. The summed E-state index contributed by atoms with van der Waals surface area (Å²) >= 11 is 6.47. The molecule has 0 spiro atoms. The van der Waals surface area contributed by atoms with E-state index in [1.165, 1.54) is 16.7 Å². The number of nitrogens with one attached hydrogen (secondary N) is 1. The molecule has 0 unspecified atom stereocenters. The lowest BCUT2D eigenvalue weighted by Gasteiger charge is -2.13. The van der Waals surface area contributed by atoms with E-state index >= 15 is 0 Å². The molecule has 0 atom stereocenters. The average Bonchev–Trinajstić information content (AvgIpc) is 2.90. The fourth-order valence-electron chi connectivity index (χ4n) is 2.46. The van der Waals surface area contributed by atoms with Gasteiger partial charge in [0.1, 0.15) is 16.7 Å². The van der Waals surface area contributed by atoms with Crippen LogP contribution >= 0.6 is 24.0 Å². The smallest absolute Gasteiger partial charge is 0.266 e. The zero-order chi connectivity index (χ0) is 19.2. The highest BCUT2D eigenvalue weighted by Gasteiger charge is 2.33. The van der Waals surface area contributed by atoms with E-state index in [0.29, 0.717) is 15.0 Å². The van der Waals surface area contributed by atoms with Crippen molar-refractivity contribution in [2.45, 2.75) is 6.92 Å². The summed E-state index contributed by atoms with van der Waals surface area (Å²) in [6, 6.07) is 15.1. The minimum absolute atomic E-state index is 0.139. The molecule has 2 amide bonds. The SMILES string of the molecule is CC(=C/c1ccccc1)/C=C1\SC(=S)N(CC(=O)Nc2ccccn2)C1=O. The van der Waals surface area contributed by atoms with E-state index in [0.717, 1.165) is 11.1 Å². The van der Waals surface area contributed by atoms with E-state index in [1.54, 1.807) is 30.5 Å². The Balaban J connectivity index is 1.67. The molecule has 1 aliphatic heterocycles. The van der Waals surface area contributed by atoms with Gasteiger partial charge in [-0.25, -0.2) is 4.98 Å². The third-order valence-electron chi connectivity index (χ3n) is 3.66. The Bertz CT molecular complexity index is 925. The van der Waals surface area contributed by atoms with Crippen molar-refractivity contribution < 1.29 is 9.59 Å². The average molecular weight is 396 g/mol. The normalized spacial score (nSPS) is 16.1. The number of carbonyl (C=O) groups excluding carboxylic acids is 2. The second-order valence-electron chi connectivity index (χ2n) is 5.83. The van der Waals surface area contributed by atoms with Crippen LogP contribution in [0.1, 0.15) is 12.5 Å². The van der Waals surface area contributed by atoms with Crippen LogP contribution in [0.4, 0.5) is 5.82 Å². The highest BCUT2D eigenvalue weighted by atomic mass is 32.2. The predicted molar refractivity (Wildman–Crippen MR) is 113 cm³/mol. The van der Waals surface area contributed by atoms with Crippen LogP contribution in [0.2, 0.25) is 0 Å². The zero-order valence-corrected chi connectivity index (χ0v) is 16.2. The highest BCUT2D eigenvalue weighted by Crippen LogP contribution is 2.31. The molecule has 5 nitrogen and oxygen atoms in total. The summed E-state index contributed by atoms with van der Waals surface area (Å²) in [5.41, 5.74) is 1.98. The summed E-state index contributed by atoms with van der Waals surface area (Å²) in [6.45, 7) is 1.79. The maximum atomic E-state index is 12.6. The Hall–Kier alpha value is -2.77. The van der Waals surface area contributed by atoms with Crippen molar-refractivity contribution in [2.24, 2.45) is 0 Å². The van der Waals surface area contributed by atoms with Gasteiger partial charge in [0.2, 0.25) is 5.91 Å². The van der Waals surface area contributed by atoms with Gasteiger partial charge in [0.15, 0.2) is 0 Å². The van der Waals surface area contributed by atoms with Crippen molar-refractivity contribution in [1.82, 2.24) is 9.88 Å². The number of thioether (sulfide) groups is 1. The van der Waals surface area contributed by atoms with Crippen molar-refractivity contribution in [3.05, 3.63) is 76.8 Å². The number of thiocarbonyl (C=S) groups is 1. The fraction of sp³-hybridized carbons (Fsp3) is 0.100. The zero-order valence-electron chi connectivity index (χ0n) is 14.6. The predicted octanol–water partition coefficient (Wildman–Crippen LogP) is 3.87. The van der Waals surface area contributed by atoms with Crippen LogP contribution in [0, 0.1) is 0 Å². The number of allylic oxidation sites excluding steroid dienone is 2. The maximum Gasteiger partial charge on any atom is 0.266 e. The first-order chi connectivity index (χ1) is 13.0. The van der Waals surface area contributed by atoms with Gasteiger partial charge in [-0.2, -0.15) is 0 Å². The van der Waals surface area contributed by atoms with E-state index in [2.05, 4.69) is 10.3 Å². The monoisotopic (exact) mass is 395 g/mol. The number of nitrogens with zero attached hydrogens (tertiary/aromatic N) is 2. The number of rotatable bonds is 5. The quantitative estimate of drug-likeness (QED) is 0.615. The van der Waals surface area contributed by atoms with Crippen molar-refractivity contribution in [3.8, 4) is 0 Å². The minimum atomic E-state index is -0.345. The molecular formula is C20H17N3O2S2. The van der Waals surface area contributed by atoms with Crippen molar-refractivity contribution in [3.63, 3.8) is 0 Å². The van der Waals surface area contributed by atoms with Crippen LogP contribution in [-0.2, 0) is 9.59 Å². The van der Waals surface area contributed by atoms with Crippen LogP contribution in [0.5, 0.6) is 0 Å². The summed E-state index contributed by atoms with van der Waals surface area (Å²) in [5, 5.41) is 2.65. The summed E-state index contributed by atoms with van der Waals surface area (Å²) in [5.74, 6) is -0.171. The summed E-state index contributed by atoms with van der Waals surface area (Å²) < 4.78 is 0.370. The Morgan fingerprint density at radius 3 is 2.67 bits per heavy atom. The number of pyridine rings is 1. The standard InChI is InChI=1S/C20H17N3O2S2/c1-14(11-15-7-3-2-4-8-15)12-16-19(25)23(20(26)27-16)13-18(24)22-17-9-5-6-10-21-17/h2-12H,13H2,1H3,(H,21,22,24)/b14-11-,16-12-. The first-order valence-corrected chi connectivity index (χ1v) is 9.45. The second kappa shape index (κ2) is 8.75. The Labute approximate surface area is 167 Å². The van der Waals surface area contributed by atoms with Gasteiger partial charge in [0.05, 0.1) is 4.91 Å². The van der Waals surface area contributed by atoms with Crippen molar-refractivity contribution in [1.29, 1.82) is 0 Å². The Morgan fingerprint density at radius 1 is 1.22 bits per heavy atom. The second-order valence-corrected chi connectivity index (χ2v) is 7.51. The van der Waals surface area contributed by atoms with Crippen molar-refractivity contribution in [2.75, 3.05) is 11.9 Å². The molecule has 1 N–H and O–H groups in total. The number of aromatic nitrogens is 1. The van der Waals surface area contributed by atoms with Crippen LogP contribution in [-0.4, -0.2) is 32.6 Å². The minimum Gasteiger partial charge on any atom is -0.309 e. The van der Waals surface area contributed by atoms with E-state index in [-0.39, 0.29) is 18.4 Å². The van der Waals surface area contributed by atoms with E-state index in [9.17, 15) is 9.59 Å². The molecule has 1 saturated heterocycles. The molecule has 1 fully saturated rings. The molecule has 0 aliphatic carbocycles. The van der Waals surface area contributed by atoms with Gasteiger partial charge in [0.25, 0.3) is 5.91 Å². The maximum absolute atomic E-state index is 12.6. The van der Waals surface area contributed by atoms with Gasteiger partial charge in [-0.3, -0.25) is 14.5 Å². The molecule has 1 aromatic carbocycles. The lowest BCUT2D eigenvalue weighted by atomic mass is 10.1. The lowest BCUT2D eigenvalue weighted by molar-refractivity contribution is -0.126. The van der Waals surface area contributed by atoms with E-state index in [1.807, 2.05) is 43.3 Å². The molecule has 0 bridgehead atoms. The number of benzene rings is 1. The van der Waals surface area contributed by atoms with Crippen LogP contribution in [0.15, 0.2) is 71.3 Å². The van der Waals surface area contributed by atoms with Gasteiger partial charge < -0.3 is 5.32 Å². The van der Waals surface area contributed by atoms with Gasteiger partial charge >= 0.3 is 0 Å². The van der Waals surface area contributed by atoms with Crippen LogP contribution in [0.3, 0.4) is 0 Å². The fourth-order valence-corrected chi connectivity index (χ4v) is 3.76. The molecule has 0 saturated carbocycles. The van der Waals surface area contributed by atoms with Crippen LogP contribution < -0.4 is 5.32 Å². The first-order valence-electron chi connectivity index (χ1n) is 8.22. The highest BCUT2D eigenvalue weighted by molar-refractivity contribution is 8.26. The van der Waals surface area contributed by atoms with Gasteiger partial charge in [-0.15, -0.1) is 0 Å². The lowest BCUT2D eigenvalue weighted by Crippen LogP contribution is -2.36. The number of hydrogen-bond donors (Lipinski definition) is 1. The van der Waals surface area contributed by atoms with Crippen molar-refractivity contribution >= 4 is 52.0 Å². The molecule has 1 aliphatic rings. The van der Waals surface area contributed by atoms with Gasteiger partial charge in [-0.1, -0.05) is 66.5 Å². The molecule has 2 aromatic rings. The third-order valence-corrected chi connectivity index (χ3v) is 5.04. The van der Waals surface area contributed by atoms with Crippen LogP contribution in [0.25, 0.3) is 6.08 Å². The topological polar surface area (TPSA) is 62.3 Å². The van der Waals surface area contributed by atoms with E-state index in [4.69, 9.17) is 12.2 Å². The number of anilines is 1. The molecule has 136 valence electrons. The Morgan fingerprint density at radius 2 is 1.96 bits per heavy atom. The molecule has 3 rings (SSSR count). The Kier molecular flexibility index (Phi) is 6.16.